The van der Waals surface area contributed by atoms with Crippen molar-refractivity contribution in [2.45, 2.75) is 19.9 Å². The number of halogens is 1. The average Bonchev–Trinajstić information content (AvgIpc) is 3.14. The molecule has 0 saturated carbocycles. The summed E-state index contributed by atoms with van der Waals surface area (Å²) >= 11 is 7.76. The van der Waals surface area contributed by atoms with Crippen LogP contribution >= 0.6 is 22.9 Å². The Labute approximate surface area is 161 Å². The van der Waals surface area contributed by atoms with Crippen LogP contribution in [0.5, 0.6) is 5.88 Å². The quantitative estimate of drug-likeness (QED) is 0.740. The van der Waals surface area contributed by atoms with Crippen LogP contribution in [0.1, 0.15) is 29.2 Å². The first-order valence-electron chi connectivity index (χ1n) is 8.83. The molecule has 0 radical (unpaired) electrons. The van der Waals surface area contributed by atoms with Gasteiger partial charge in [0.15, 0.2) is 0 Å². The van der Waals surface area contributed by atoms with Gasteiger partial charge in [-0.1, -0.05) is 42.0 Å². The SMILES string of the molecule is CCN1CCN(C(c2cccc(Cl)c2)c2sc3nc(C)nn3c2O)CC1. The molecule has 0 bridgehead atoms. The summed E-state index contributed by atoms with van der Waals surface area (Å²) in [7, 11) is 0. The fourth-order valence-corrected chi connectivity index (χ4v) is 4.93. The molecule has 1 aliphatic heterocycles. The molecule has 1 fully saturated rings. The Balaban J connectivity index is 1.77. The van der Waals surface area contributed by atoms with Crippen molar-refractivity contribution in [1.82, 2.24) is 24.4 Å². The number of fused-ring (bicyclic) bond motifs is 1. The Bertz CT molecular complexity index is 916. The minimum atomic E-state index is -0.0542. The minimum Gasteiger partial charge on any atom is -0.492 e. The summed E-state index contributed by atoms with van der Waals surface area (Å²) < 4.78 is 1.54. The Morgan fingerprint density at radius 2 is 2.04 bits per heavy atom. The first kappa shape index (κ1) is 17.7. The van der Waals surface area contributed by atoms with Crippen molar-refractivity contribution in [2.75, 3.05) is 32.7 Å². The molecule has 6 nitrogen and oxygen atoms in total. The number of piperazine rings is 1. The van der Waals surface area contributed by atoms with E-state index in [0.29, 0.717) is 15.8 Å². The maximum absolute atomic E-state index is 10.8. The molecule has 8 heteroatoms. The Kier molecular flexibility index (Phi) is 4.88. The molecule has 0 amide bonds. The smallest absolute Gasteiger partial charge is 0.230 e. The van der Waals surface area contributed by atoms with Gasteiger partial charge in [0.25, 0.3) is 0 Å². The second-order valence-electron chi connectivity index (χ2n) is 6.57. The highest BCUT2D eigenvalue weighted by atomic mass is 35.5. The number of aromatic nitrogens is 3. The van der Waals surface area contributed by atoms with Crippen LogP contribution in [0.15, 0.2) is 24.3 Å². The number of hydrogen-bond acceptors (Lipinski definition) is 6. The molecule has 1 atom stereocenters. The Morgan fingerprint density at radius 1 is 1.27 bits per heavy atom. The molecule has 1 unspecified atom stereocenters. The van der Waals surface area contributed by atoms with Crippen LogP contribution in [-0.4, -0.2) is 62.2 Å². The molecule has 1 N–H and O–H groups in total. The average molecular weight is 392 g/mol. The third-order valence-electron chi connectivity index (χ3n) is 4.94. The molecule has 1 saturated heterocycles. The van der Waals surface area contributed by atoms with Gasteiger partial charge in [-0.25, -0.2) is 4.98 Å². The number of likely N-dealkylation sites (N-methyl/N-ethyl adjacent to an activating group) is 1. The first-order chi connectivity index (χ1) is 12.6. The zero-order valence-corrected chi connectivity index (χ0v) is 16.5. The topological polar surface area (TPSA) is 56.9 Å². The van der Waals surface area contributed by atoms with Crippen LogP contribution in [0.2, 0.25) is 5.02 Å². The van der Waals surface area contributed by atoms with E-state index in [0.717, 1.165) is 43.2 Å². The summed E-state index contributed by atoms with van der Waals surface area (Å²) in [5, 5.41) is 15.8. The van der Waals surface area contributed by atoms with Gasteiger partial charge in [-0.05, 0) is 31.2 Å². The monoisotopic (exact) mass is 391 g/mol. The molecular weight excluding hydrogens is 370 g/mol. The summed E-state index contributed by atoms with van der Waals surface area (Å²) in [6.07, 6.45) is 0. The fraction of sp³-hybridized carbons (Fsp3) is 0.444. The van der Waals surface area contributed by atoms with Crippen molar-refractivity contribution in [3.8, 4) is 5.88 Å². The second kappa shape index (κ2) is 7.15. The van der Waals surface area contributed by atoms with Gasteiger partial charge < -0.3 is 10.0 Å². The number of hydrogen-bond donors (Lipinski definition) is 1. The van der Waals surface area contributed by atoms with Gasteiger partial charge >= 0.3 is 0 Å². The third kappa shape index (κ3) is 3.20. The standard InChI is InChI=1S/C18H22ClN5OS/c1-3-22-7-9-23(10-8-22)15(13-5-4-6-14(19)11-13)16-17(25)24-18(26-16)20-12(2)21-24/h4-6,11,15,25H,3,7-10H2,1-2H3. The van der Waals surface area contributed by atoms with E-state index in [4.69, 9.17) is 11.6 Å². The molecule has 138 valence electrons. The van der Waals surface area contributed by atoms with Crippen molar-refractivity contribution >= 4 is 27.9 Å². The number of rotatable bonds is 4. The number of aromatic hydroxyl groups is 1. The van der Waals surface area contributed by atoms with E-state index >= 15 is 0 Å². The molecular formula is C18H22ClN5OS. The number of nitrogens with zero attached hydrogens (tertiary/aromatic N) is 5. The number of benzene rings is 1. The van der Waals surface area contributed by atoms with Crippen molar-refractivity contribution < 1.29 is 5.11 Å². The van der Waals surface area contributed by atoms with Crippen molar-refractivity contribution in [3.05, 3.63) is 45.6 Å². The Morgan fingerprint density at radius 3 is 2.69 bits per heavy atom. The summed E-state index contributed by atoms with van der Waals surface area (Å²) in [5.74, 6) is 0.836. The second-order valence-corrected chi connectivity index (χ2v) is 8.02. The van der Waals surface area contributed by atoms with Crippen LogP contribution < -0.4 is 0 Å². The summed E-state index contributed by atoms with van der Waals surface area (Å²) in [6.45, 7) is 9.02. The molecule has 0 aliphatic carbocycles. The lowest BCUT2D eigenvalue weighted by Crippen LogP contribution is -2.47. The van der Waals surface area contributed by atoms with Crippen molar-refractivity contribution in [1.29, 1.82) is 0 Å². The molecule has 2 aromatic heterocycles. The van der Waals surface area contributed by atoms with Crippen molar-refractivity contribution in [2.24, 2.45) is 0 Å². The number of thiazole rings is 1. The van der Waals surface area contributed by atoms with E-state index in [2.05, 4.69) is 32.9 Å². The lowest BCUT2D eigenvalue weighted by molar-refractivity contribution is 0.113. The van der Waals surface area contributed by atoms with E-state index in [-0.39, 0.29) is 11.9 Å². The van der Waals surface area contributed by atoms with Gasteiger partial charge in [0.05, 0.1) is 10.9 Å². The van der Waals surface area contributed by atoms with Gasteiger partial charge in [0.2, 0.25) is 10.8 Å². The molecule has 1 aromatic carbocycles. The van der Waals surface area contributed by atoms with E-state index in [1.807, 2.05) is 25.1 Å². The van der Waals surface area contributed by atoms with Crippen LogP contribution in [0.3, 0.4) is 0 Å². The van der Waals surface area contributed by atoms with Crippen LogP contribution in [0.4, 0.5) is 0 Å². The van der Waals surface area contributed by atoms with E-state index in [1.54, 1.807) is 0 Å². The fourth-order valence-electron chi connectivity index (χ4n) is 3.57. The molecule has 4 rings (SSSR count). The lowest BCUT2D eigenvalue weighted by atomic mass is 10.0. The Hall–Kier alpha value is -1.67. The highest BCUT2D eigenvalue weighted by Crippen LogP contribution is 2.40. The minimum absolute atomic E-state index is 0.0542. The largest absolute Gasteiger partial charge is 0.492 e. The predicted molar refractivity (Wildman–Crippen MR) is 104 cm³/mol. The van der Waals surface area contributed by atoms with Crippen LogP contribution in [0, 0.1) is 6.92 Å². The highest BCUT2D eigenvalue weighted by Gasteiger charge is 2.31. The zero-order chi connectivity index (χ0) is 18.3. The molecule has 3 heterocycles. The third-order valence-corrected chi connectivity index (χ3v) is 6.25. The van der Waals surface area contributed by atoms with Crippen LogP contribution in [0.25, 0.3) is 4.96 Å². The maximum Gasteiger partial charge on any atom is 0.230 e. The summed E-state index contributed by atoms with van der Waals surface area (Å²) in [4.78, 5) is 10.9. The normalized spacial score (nSPS) is 17.8. The maximum atomic E-state index is 10.8. The van der Waals surface area contributed by atoms with E-state index < -0.39 is 0 Å². The van der Waals surface area contributed by atoms with Gasteiger partial charge in [-0.15, -0.1) is 5.10 Å². The zero-order valence-electron chi connectivity index (χ0n) is 14.9. The predicted octanol–water partition coefficient (Wildman–Crippen LogP) is 3.19. The van der Waals surface area contributed by atoms with Gasteiger partial charge in [-0.3, -0.25) is 4.90 Å². The molecule has 26 heavy (non-hydrogen) atoms. The summed E-state index contributed by atoms with van der Waals surface area (Å²) in [5.41, 5.74) is 1.08. The lowest BCUT2D eigenvalue weighted by Gasteiger charge is -2.38. The number of aryl methyl sites for hydroxylation is 1. The van der Waals surface area contributed by atoms with E-state index in [9.17, 15) is 5.11 Å². The van der Waals surface area contributed by atoms with Gasteiger partial charge in [0.1, 0.15) is 5.82 Å². The van der Waals surface area contributed by atoms with Crippen LogP contribution in [-0.2, 0) is 0 Å². The van der Waals surface area contributed by atoms with E-state index in [1.165, 1.54) is 15.9 Å². The molecule has 1 aliphatic rings. The summed E-state index contributed by atoms with van der Waals surface area (Å²) in [6, 6.07) is 7.85. The first-order valence-corrected chi connectivity index (χ1v) is 10.0. The van der Waals surface area contributed by atoms with Gasteiger partial charge in [-0.2, -0.15) is 4.52 Å². The van der Waals surface area contributed by atoms with Crippen molar-refractivity contribution in [3.63, 3.8) is 0 Å². The molecule has 3 aromatic rings. The van der Waals surface area contributed by atoms with Gasteiger partial charge in [0, 0.05) is 31.2 Å². The highest BCUT2D eigenvalue weighted by molar-refractivity contribution is 7.17. The molecule has 0 spiro atoms.